The number of ether oxygens (including phenoxy) is 1. The molecule has 0 radical (unpaired) electrons. The number of para-hydroxylation sites is 2. The van der Waals surface area contributed by atoms with Crippen LogP contribution in [0, 0.1) is 10.1 Å². The van der Waals surface area contributed by atoms with E-state index in [-0.39, 0.29) is 17.8 Å². The van der Waals surface area contributed by atoms with Gasteiger partial charge in [0, 0.05) is 17.6 Å². The summed E-state index contributed by atoms with van der Waals surface area (Å²) in [5, 5.41) is 15.7. The van der Waals surface area contributed by atoms with Gasteiger partial charge >= 0.3 is 5.97 Å². The van der Waals surface area contributed by atoms with Crippen molar-refractivity contribution in [2.45, 2.75) is 6.42 Å². The molecule has 0 aliphatic heterocycles. The second-order valence-corrected chi connectivity index (χ2v) is 6.38. The van der Waals surface area contributed by atoms with E-state index in [2.05, 4.69) is 15.3 Å². The van der Waals surface area contributed by atoms with Crippen LogP contribution >= 0.6 is 11.3 Å². The van der Waals surface area contributed by atoms with Crippen LogP contribution in [0.5, 0.6) is 0 Å². The lowest BCUT2D eigenvalue weighted by Gasteiger charge is -2.06. The molecule has 28 heavy (non-hydrogen) atoms. The topological polar surface area (TPSA) is 124 Å². The molecule has 0 bridgehead atoms. The fraction of sp³-hybridized carbons (Fsp3) is 0.111. The second kappa shape index (κ2) is 8.82. The Morgan fingerprint density at radius 3 is 2.71 bits per heavy atom. The molecule has 0 unspecified atom stereocenters. The summed E-state index contributed by atoms with van der Waals surface area (Å²) in [5.41, 5.74) is 1.01. The summed E-state index contributed by atoms with van der Waals surface area (Å²) in [5.74, 6) is -1.30. The first kappa shape index (κ1) is 19.1. The molecule has 9 nitrogen and oxygen atoms in total. The number of amides is 1. The first-order valence-corrected chi connectivity index (χ1v) is 8.95. The van der Waals surface area contributed by atoms with Crippen molar-refractivity contribution >= 4 is 34.6 Å². The van der Waals surface area contributed by atoms with Crippen molar-refractivity contribution in [2.75, 3.05) is 11.9 Å². The number of hydrogen-bond donors (Lipinski definition) is 1. The Bertz CT molecular complexity index is 1010. The van der Waals surface area contributed by atoms with Crippen LogP contribution in [0.15, 0.2) is 54.0 Å². The van der Waals surface area contributed by atoms with Crippen molar-refractivity contribution in [3.63, 3.8) is 0 Å². The van der Waals surface area contributed by atoms with Crippen LogP contribution in [0.2, 0.25) is 0 Å². The van der Waals surface area contributed by atoms with Gasteiger partial charge in [0.2, 0.25) is 0 Å². The summed E-state index contributed by atoms with van der Waals surface area (Å²) in [6.07, 6.45) is 1.56. The van der Waals surface area contributed by atoms with Gasteiger partial charge < -0.3 is 10.1 Å². The number of nitro benzene ring substituents is 1. The molecule has 2 heterocycles. The molecule has 10 heteroatoms. The molecule has 142 valence electrons. The Balaban J connectivity index is 1.52. The molecule has 1 amide bonds. The molecule has 3 rings (SSSR count). The van der Waals surface area contributed by atoms with Gasteiger partial charge in [-0.1, -0.05) is 18.2 Å². The average Bonchev–Trinajstić information content (AvgIpc) is 3.16. The quantitative estimate of drug-likeness (QED) is 0.368. The van der Waals surface area contributed by atoms with Gasteiger partial charge in [-0.15, -0.1) is 11.3 Å². The third-order valence-corrected chi connectivity index (χ3v) is 4.41. The smallest absolute Gasteiger partial charge is 0.312 e. The summed E-state index contributed by atoms with van der Waals surface area (Å²) in [6.45, 7) is -0.553. The van der Waals surface area contributed by atoms with Gasteiger partial charge in [0.1, 0.15) is 10.7 Å². The number of nitrogens with one attached hydrogen (secondary N) is 1. The number of thiazole rings is 1. The maximum Gasteiger partial charge on any atom is 0.312 e. The summed E-state index contributed by atoms with van der Waals surface area (Å²) in [7, 11) is 0. The molecular weight excluding hydrogens is 384 g/mol. The van der Waals surface area contributed by atoms with E-state index in [0.717, 1.165) is 0 Å². The van der Waals surface area contributed by atoms with Crippen molar-refractivity contribution in [1.29, 1.82) is 0 Å². The minimum atomic E-state index is -0.671. The third-order valence-electron chi connectivity index (χ3n) is 3.50. The van der Waals surface area contributed by atoms with Crippen LogP contribution in [-0.2, 0) is 20.7 Å². The number of esters is 1. The molecule has 0 spiro atoms. The highest BCUT2D eigenvalue weighted by molar-refractivity contribution is 7.13. The summed E-state index contributed by atoms with van der Waals surface area (Å²) in [6, 6.07) is 11.2. The van der Waals surface area contributed by atoms with Gasteiger partial charge in [-0.2, -0.15) is 0 Å². The zero-order chi connectivity index (χ0) is 19.9. The van der Waals surface area contributed by atoms with Crippen LogP contribution in [0.1, 0.15) is 5.69 Å². The average molecular weight is 398 g/mol. The lowest BCUT2D eigenvalue weighted by Crippen LogP contribution is -2.22. The van der Waals surface area contributed by atoms with E-state index in [4.69, 9.17) is 4.74 Å². The van der Waals surface area contributed by atoms with Crippen LogP contribution in [0.25, 0.3) is 10.7 Å². The highest BCUT2D eigenvalue weighted by atomic mass is 32.1. The van der Waals surface area contributed by atoms with Crippen LogP contribution in [-0.4, -0.2) is 33.4 Å². The first-order chi connectivity index (χ1) is 13.5. The van der Waals surface area contributed by atoms with Crippen molar-refractivity contribution in [1.82, 2.24) is 9.97 Å². The molecule has 0 saturated heterocycles. The van der Waals surface area contributed by atoms with E-state index in [0.29, 0.717) is 16.4 Å². The molecule has 1 aromatic carbocycles. The molecule has 0 saturated carbocycles. The van der Waals surface area contributed by atoms with Crippen molar-refractivity contribution < 1.29 is 19.2 Å². The highest BCUT2D eigenvalue weighted by Gasteiger charge is 2.16. The fourth-order valence-electron chi connectivity index (χ4n) is 2.26. The minimum absolute atomic E-state index is 0.0352. The largest absolute Gasteiger partial charge is 0.455 e. The Morgan fingerprint density at radius 1 is 1.18 bits per heavy atom. The zero-order valence-corrected chi connectivity index (χ0v) is 15.2. The van der Waals surface area contributed by atoms with Gasteiger partial charge in [0.05, 0.1) is 22.7 Å². The second-order valence-electron chi connectivity index (χ2n) is 5.52. The van der Waals surface area contributed by atoms with E-state index in [1.807, 2.05) is 12.1 Å². The maximum absolute atomic E-state index is 11.9. The Kier molecular flexibility index (Phi) is 6.02. The number of nitrogens with zero attached hydrogens (tertiary/aromatic N) is 3. The van der Waals surface area contributed by atoms with Gasteiger partial charge in [-0.05, 0) is 18.2 Å². The van der Waals surface area contributed by atoms with Crippen molar-refractivity contribution in [3.8, 4) is 10.7 Å². The lowest BCUT2D eigenvalue weighted by atomic mass is 10.2. The molecule has 0 aliphatic carbocycles. The molecule has 0 atom stereocenters. The number of rotatable bonds is 7. The van der Waals surface area contributed by atoms with Crippen molar-refractivity contribution in [2.24, 2.45) is 0 Å². The van der Waals surface area contributed by atoms with Crippen LogP contribution in [0.3, 0.4) is 0 Å². The van der Waals surface area contributed by atoms with Gasteiger partial charge in [0.25, 0.3) is 11.6 Å². The Labute approximate surface area is 163 Å². The number of pyridine rings is 1. The normalized spacial score (nSPS) is 10.3. The predicted octanol–water partition coefficient (Wildman–Crippen LogP) is 2.84. The maximum atomic E-state index is 11.9. The molecule has 0 aliphatic rings. The van der Waals surface area contributed by atoms with E-state index in [1.54, 1.807) is 23.7 Å². The molecule has 0 fully saturated rings. The number of hydrogen-bond acceptors (Lipinski definition) is 8. The fourth-order valence-corrected chi connectivity index (χ4v) is 3.06. The van der Waals surface area contributed by atoms with Crippen molar-refractivity contribution in [3.05, 3.63) is 69.8 Å². The van der Waals surface area contributed by atoms with Crippen LogP contribution in [0.4, 0.5) is 11.4 Å². The van der Waals surface area contributed by atoms with Gasteiger partial charge in [-0.25, -0.2) is 4.98 Å². The van der Waals surface area contributed by atoms with E-state index < -0.39 is 23.4 Å². The van der Waals surface area contributed by atoms with Crippen LogP contribution < -0.4 is 5.32 Å². The van der Waals surface area contributed by atoms with E-state index >= 15 is 0 Å². The highest BCUT2D eigenvalue weighted by Crippen LogP contribution is 2.23. The number of anilines is 1. The number of benzene rings is 1. The summed E-state index contributed by atoms with van der Waals surface area (Å²) >= 11 is 1.35. The SMILES string of the molecule is O=C(COC(=O)Cc1csc(-c2ccccn2)n1)Nc1ccccc1[N+](=O)[O-]. The first-order valence-electron chi connectivity index (χ1n) is 8.07. The number of carbonyl (C=O) groups excluding carboxylic acids is 2. The minimum Gasteiger partial charge on any atom is -0.455 e. The van der Waals surface area contributed by atoms with Gasteiger partial charge in [0.15, 0.2) is 6.61 Å². The Morgan fingerprint density at radius 2 is 1.96 bits per heavy atom. The molecule has 1 N–H and O–H groups in total. The van der Waals surface area contributed by atoms with E-state index in [1.165, 1.54) is 29.5 Å². The standard InChI is InChI=1S/C18H14N4O5S/c23-16(21-13-5-1-2-7-15(13)22(25)26)10-27-17(24)9-12-11-28-18(20-12)14-6-3-4-8-19-14/h1-8,11H,9-10H2,(H,21,23). The molecule has 3 aromatic rings. The number of carbonyl (C=O) groups is 2. The third kappa shape index (κ3) is 4.95. The predicted molar refractivity (Wildman–Crippen MR) is 102 cm³/mol. The molecular formula is C18H14N4O5S. The van der Waals surface area contributed by atoms with Gasteiger partial charge in [-0.3, -0.25) is 24.7 Å². The lowest BCUT2D eigenvalue weighted by molar-refractivity contribution is -0.383. The monoisotopic (exact) mass is 398 g/mol. The molecule has 2 aromatic heterocycles. The number of aromatic nitrogens is 2. The Hall–Kier alpha value is -3.66. The summed E-state index contributed by atoms with van der Waals surface area (Å²) < 4.78 is 4.92. The summed E-state index contributed by atoms with van der Waals surface area (Å²) in [4.78, 5) is 42.7. The number of nitro groups is 1. The van der Waals surface area contributed by atoms with E-state index in [9.17, 15) is 19.7 Å². The zero-order valence-electron chi connectivity index (χ0n) is 14.4.